The van der Waals surface area contributed by atoms with E-state index in [1.54, 1.807) is 11.3 Å². The molecule has 0 bridgehead atoms. The summed E-state index contributed by atoms with van der Waals surface area (Å²) in [5.74, 6) is 1.86. The molecule has 2 N–H and O–H groups in total. The van der Waals surface area contributed by atoms with Crippen LogP contribution in [0.4, 0.5) is 10.8 Å². The van der Waals surface area contributed by atoms with Gasteiger partial charge >= 0.3 is 0 Å². The Morgan fingerprint density at radius 3 is 1.97 bits per heavy atom. The number of aryl methyl sites for hydroxylation is 2. The number of rotatable bonds is 3. The van der Waals surface area contributed by atoms with Gasteiger partial charge in [-0.15, -0.1) is 32.3 Å². The standard InChI is InChI=1S/C18H17N5S.C5H13N4.2BrH/c1-13-14(2)24-18(19-13)23-21-17(15-9-5-3-6-10-15)20-22(23)16-11-7-4-8-12-16;1-5-6-7-8(2)9(5,3)4;;/h3-12H,1-2H3,(H,20,21);7H,1-4H3;2*1H/q;+1;;/p-1. The lowest BCUT2D eigenvalue weighted by Crippen LogP contribution is -3.00. The molecule has 2 aromatic carbocycles. The summed E-state index contributed by atoms with van der Waals surface area (Å²) in [4.78, 5) is 5.85. The van der Waals surface area contributed by atoms with Gasteiger partial charge in [-0.1, -0.05) is 59.9 Å². The van der Waals surface area contributed by atoms with Crippen LogP contribution in [-0.2, 0) is 0 Å². The zero-order chi connectivity index (χ0) is 23.6. The van der Waals surface area contributed by atoms with Gasteiger partial charge in [-0.3, -0.25) is 5.43 Å². The van der Waals surface area contributed by atoms with E-state index in [9.17, 15) is 0 Å². The van der Waals surface area contributed by atoms with Crippen molar-refractivity contribution in [2.75, 3.05) is 31.4 Å². The summed E-state index contributed by atoms with van der Waals surface area (Å²) >= 11 is 1.63. The van der Waals surface area contributed by atoms with Gasteiger partial charge in [0.25, 0.3) is 0 Å². The van der Waals surface area contributed by atoms with Crippen LogP contribution in [0.1, 0.15) is 23.1 Å². The number of thiazole rings is 1. The molecule has 0 unspecified atom stereocenters. The molecule has 3 heterocycles. The number of halogens is 2. The van der Waals surface area contributed by atoms with Gasteiger partial charge < -0.3 is 17.0 Å². The van der Waals surface area contributed by atoms with Crippen LogP contribution in [0.25, 0.3) is 0 Å². The van der Waals surface area contributed by atoms with Crippen molar-refractivity contribution in [2.45, 2.75) is 20.8 Å². The maximum absolute atomic E-state index is 4.75. The van der Waals surface area contributed by atoms with Crippen LogP contribution in [0, 0.1) is 13.8 Å². The number of hydrazine groups is 3. The molecule has 3 aromatic rings. The minimum Gasteiger partial charge on any atom is -1.00 e. The smallest absolute Gasteiger partial charge is 0.238 e. The lowest BCUT2D eigenvalue weighted by atomic mass is 10.2. The third-order valence-electron chi connectivity index (χ3n) is 5.73. The van der Waals surface area contributed by atoms with Crippen molar-refractivity contribution in [2.24, 2.45) is 10.2 Å². The predicted molar refractivity (Wildman–Crippen MR) is 146 cm³/mol. The number of anilines is 2. The molecule has 0 aliphatic carbocycles. The van der Waals surface area contributed by atoms with Gasteiger partial charge in [0.1, 0.15) is 0 Å². The molecular weight excluding hydrogens is 594 g/mol. The van der Waals surface area contributed by atoms with E-state index in [4.69, 9.17) is 5.10 Å². The maximum Gasteiger partial charge on any atom is 0.238 e. The number of amidine groups is 2. The minimum absolute atomic E-state index is 0. The number of quaternary nitrogens is 1. The molecule has 9 nitrogen and oxygen atoms in total. The fourth-order valence-corrected chi connectivity index (χ4v) is 3.89. The molecule has 188 valence electrons. The molecule has 0 spiro atoms. The Hall–Kier alpha value is -2.51. The molecule has 0 amide bonds. The zero-order valence-electron chi connectivity index (χ0n) is 20.6. The molecule has 1 aromatic heterocycles. The topological polar surface area (TPSA) is 71.4 Å². The number of aromatic nitrogens is 1. The van der Waals surface area contributed by atoms with E-state index in [0.29, 0.717) is 4.59 Å². The van der Waals surface area contributed by atoms with Crippen molar-refractivity contribution in [3.63, 3.8) is 0 Å². The second-order valence-electron chi connectivity index (χ2n) is 8.18. The fraction of sp³-hybridized carbons (Fsp3) is 0.261. The summed E-state index contributed by atoms with van der Waals surface area (Å²) in [6.45, 7) is 6.10. The number of benzene rings is 2. The Labute approximate surface area is 231 Å². The summed E-state index contributed by atoms with van der Waals surface area (Å²) < 4.78 is 0.694. The Bertz CT molecular complexity index is 1150. The molecule has 0 atom stereocenters. The molecule has 12 heteroatoms. The third-order valence-corrected chi connectivity index (χ3v) is 6.77. The van der Waals surface area contributed by atoms with Gasteiger partial charge in [0.15, 0.2) is 5.84 Å². The first-order chi connectivity index (χ1) is 15.8. The number of para-hydroxylation sites is 1. The zero-order valence-corrected chi connectivity index (χ0v) is 24.7. The van der Waals surface area contributed by atoms with Gasteiger partial charge in [0.05, 0.1) is 32.5 Å². The van der Waals surface area contributed by atoms with Crippen molar-refractivity contribution in [3.05, 3.63) is 76.8 Å². The molecule has 35 heavy (non-hydrogen) atoms. The average Bonchev–Trinajstić information content (AvgIpc) is 3.48. The van der Waals surface area contributed by atoms with Crippen LogP contribution in [0.3, 0.4) is 0 Å². The van der Waals surface area contributed by atoms with Gasteiger partial charge in [-0.2, -0.15) is 15.2 Å². The van der Waals surface area contributed by atoms with Gasteiger partial charge in [0.2, 0.25) is 11.0 Å². The number of hydrogen-bond donors (Lipinski definition) is 2. The lowest BCUT2D eigenvalue weighted by molar-refractivity contribution is -0.922. The van der Waals surface area contributed by atoms with Crippen molar-refractivity contribution >= 4 is 50.8 Å². The normalized spacial score (nSPS) is 16.1. The molecule has 2 aliphatic rings. The first kappa shape index (κ1) is 28.7. The van der Waals surface area contributed by atoms with Crippen molar-refractivity contribution in [3.8, 4) is 0 Å². The van der Waals surface area contributed by atoms with Crippen LogP contribution in [0.2, 0.25) is 0 Å². The van der Waals surface area contributed by atoms with E-state index in [-0.39, 0.29) is 34.0 Å². The van der Waals surface area contributed by atoms with Crippen LogP contribution in [0.5, 0.6) is 0 Å². The molecule has 0 saturated heterocycles. The van der Waals surface area contributed by atoms with E-state index in [1.807, 2.05) is 96.9 Å². The van der Waals surface area contributed by atoms with Gasteiger partial charge in [-0.25, -0.2) is 4.98 Å². The molecular formula is C23H31Br2N9S. The average molecular weight is 625 g/mol. The number of nitrogens with one attached hydrogen (secondary N) is 2. The van der Waals surface area contributed by atoms with Crippen LogP contribution in [0.15, 0.2) is 70.9 Å². The lowest BCUT2D eigenvalue weighted by Gasteiger charge is -2.27. The number of hydrazone groups is 2. The quantitative estimate of drug-likeness (QED) is 0.427. The molecule has 0 saturated carbocycles. The highest BCUT2D eigenvalue weighted by molar-refractivity contribution is 8.93. The van der Waals surface area contributed by atoms with E-state index < -0.39 is 0 Å². The van der Waals surface area contributed by atoms with Gasteiger partial charge in [-0.05, 0) is 31.1 Å². The molecule has 0 fully saturated rings. The molecule has 2 aliphatic heterocycles. The summed E-state index contributed by atoms with van der Waals surface area (Å²) in [6.07, 6.45) is 0. The SMILES string of the molecule is Br.CC1=NNN(C)[N+]1(C)C.Cc1nc(N2N=C(c3ccccc3)NN2c2ccccc2)sc1C.[Br-]. The Balaban J connectivity index is 0.000000336. The summed E-state index contributed by atoms with van der Waals surface area (Å²) in [7, 11) is 6.09. The predicted octanol–water partition coefficient (Wildman–Crippen LogP) is 1.21. The summed E-state index contributed by atoms with van der Waals surface area (Å²) in [6, 6.07) is 20.2. The van der Waals surface area contributed by atoms with E-state index in [1.165, 1.54) is 4.88 Å². The summed E-state index contributed by atoms with van der Waals surface area (Å²) in [5, 5.41) is 15.3. The minimum atomic E-state index is 0. The maximum atomic E-state index is 4.75. The second-order valence-corrected chi connectivity index (χ2v) is 9.36. The largest absolute Gasteiger partial charge is 1.00 e. The van der Waals surface area contributed by atoms with E-state index in [2.05, 4.69) is 42.1 Å². The van der Waals surface area contributed by atoms with Crippen molar-refractivity contribution < 1.29 is 21.6 Å². The highest BCUT2D eigenvalue weighted by Crippen LogP contribution is 2.30. The van der Waals surface area contributed by atoms with Crippen molar-refractivity contribution in [1.82, 2.24) is 21.1 Å². The fourth-order valence-electron chi connectivity index (χ4n) is 3.04. The first-order valence-corrected chi connectivity index (χ1v) is 11.5. The molecule has 0 radical (unpaired) electrons. The first-order valence-electron chi connectivity index (χ1n) is 10.7. The highest BCUT2D eigenvalue weighted by atomic mass is 79.9. The molecule has 5 rings (SSSR count). The highest BCUT2D eigenvalue weighted by Gasteiger charge is 2.31. The van der Waals surface area contributed by atoms with Crippen LogP contribution in [-0.4, -0.2) is 47.5 Å². The second kappa shape index (κ2) is 12.0. The number of hydrogen-bond acceptors (Lipinski definition) is 9. The van der Waals surface area contributed by atoms with Crippen LogP contribution >= 0.6 is 28.3 Å². The Kier molecular flexibility index (Phi) is 9.81. The van der Waals surface area contributed by atoms with Crippen molar-refractivity contribution in [1.29, 1.82) is 0 Å². The Morgan fingerprint density at radius 1 is 0.914 bits per heavy atom. The van der Waals surface area contributed by atoms with Crippen LogP contribution < -0.4 is 38.2 Å². The van der Waals surface area contributed by atoms with E-state index >= 15 is 0 Å². The third kappa shape index (κ3) is 6.19. The van der Waals surface area contributed by atoms with Gasteiger partial charge in [0, 0.05) is 17.4 Å². The van der Waals surface area contributed by atoms with E-state index in [0.717, 1.165) is 33.7 Å². The monoisotopic (exact) mass is 623 g/mol. The number of nitrogens with zero attached hydrogens (tertiary/aromatic N) is 7. The Morgan fingerprint density at radius 2 is 1.51 bits per heavy atom. The summed E-state index contributed by atoms with van der Waals surface area (Å²) in [5.41, 5.74) is 9.29.